The van der Waals surface area contributed by atoms with Crippen molar-refractivity contribution in [2.45, 2.75) is 38.6 Å². The van der Waals surface area contributed by atoms with E-state index in [2.05, 4.69) is 35.3 Å². The molecule has 2 heterocycles. The first kappa shape index (κ1) is 14.4. The number of rotatable bonds is 4. The molecule has 2 aliphatic rings. The van der Waals surface area contributed by atoms with E-state index < -0.39 is 5.97 Å². The minimum absolute atomic E-state index is 0.131. The second-order valence-corrected chi connectivity index (χ2v) is 6.45. The average Bonchev–Trinajstić information content (AvgIpc) is 2.84. The molecular weight excluding hydrogens is 264 g/mol. The fraction of sp³-hybridized carbons (Fsp3) is 0.588. The second-order valence-electron chi connectivity index (χ2n) is 6.45. The number of fused-ring (bicyclic) bond motifs is 1. The molecule has 0 radical (unpaired) electrons. The van der Waals surface area contributed by atoms with Gasteiger partial charge in [-0.2, -0.15) is 0 Å². The van der Waals surface area contributed by atoms with Gasteiger partial charge in [0.15, 0.2) is 0 Å². The van der Waals surface area contributed by atoms with Gasteiger partial charge in [0.1, 0.15) is 0 Å². The number of nitrogens with zero attached hydrogens (tertiary/aromatic N) is 1. The van der Waals surface area contributed by atoms with E-state index in [9.17, 15) is 4.79 Å². The molecule has 0 aliphatic carbocycles. The minimum Gasteiger partial charge on any atom is -0.481 e. The van der Waals surface area contributed by atoms with E-state index in [1.807, 2.05) is 0 Å². The smallest absolute Gasteiger partial charge is 0.306 e. The molecule has 0 spiro atoms. The molecule has 2 N–H and O–H groups in total. The van der Waals surface area contributed by atoms with E-state index in [-0.39, 0.29) is 5.92 Å². The van der Waals surface area contributed by atoms with Crippen molar-refractivity contribution >= 4 is 11.7 Å². The summed E-state index contributed by atoms with van der Waals surface area (Å²) < 4.78 is 0. The number of carbonyl (C=O) groups is 1. The Balaban J connectivity index is 1.50. The number of aliphatic carboxylic acids is 1. The lowest BCUT2D eigenvalue weighted by Crippen LogP contribution is -2.37. The maximum atomic E-state index is 11.0. The first-order valence-electron chi connectivity index (χ1n) is 7.95. The molecule has 1 atom stereocenters. The van der Waals surface area contributed by atoms with Gasteiger partial charge in [-0.25, -0.2) is 0 Å². The Hall–Kier alpha value is -1.55. The summed E-state index contributed by atoms with van der Waals surface area (Å²) in [5.41, 5.74) is 4.11. The summed E-state index contributed by atoms with van der Waals surface area (Å²) in [5, 5.41) is 12.5. The first-order valence-corrected chi connectivity index (χ1v) is 7.95. The number of anilines is 1. The standard InChI is InChI=1S/C17H24N2O2/c1-12-10-15-11-13(2-3-16(15)18-12)4-7-19-8-5-14(6-9-19)17(20)21/h2-3,11-12,14,18H,4-10H2,1H3,(H,20,21). The molecule has 1 aromatic carbocycles. The summed E-state index contributed by atoms with van der Waals surface area (Å²) in [5.74, 6) is -0.760. The maximum Gasteiger partial charge on any atom is 0.306 e. The van der Waals surface area contributed by atoms with E-state index >= 15 is 0 Å². The molecule has 0 saturated carbocycles. The number of nitrogens with one attached hydrogen (secondary N) is 1. The van der Waals surface area contributed by atoms with Crippen molar-refractivity contribution in [2.24, 2.45) is 5.92 Å². The van der Waals surface area contributed by atoms with Gasteiger partial charge in [0, 0.05) is 18.3 Å². The van der Waals surface area contributed by atoms with Crippen LogP contribution in [0.2, 0.25) is 0 Å². The number of benzene rings is 1. The summed E-state index contributed by atoms with van der Waals surface area (Å²) >= 11 is 0. The highest BCUT2D eigenvalue weighted by molar-refractivity contribution is 5.70. The summed E-state index contributed by atoms with van der Waals surface area (Å²) in [6, 6.07) is 7.29. The van der Waals surface area contributed by atoms with Gasteiger partial charge in [0.25, 0.3) is 0 Å². The largest absolute Gasteiger partial charge is 0.481 e. The van der Waals surface area contributed by atoms with E-state index in [0.717, 1.165) is 45.3 Å². The third-order valence-corrected chi connectivity index (χ3v) is 4.75. The van der Waals surface area contributed by atoms with Gasteiger partial charge in [-0.05, 0) is 62.9 Å². The fourth-order valence-electron chi connectivity index (χ4n) is 3.45. The van der Waals surface area contributed by atoms with E-state index in [1.165, 1.54) is 16.8 Å². The van der Waals surface area contributed by atoms with Crippen molar-refractivity contribution in [3.63, 3.8) is 0 Å². The molecule has 4 heteroatoms. The number of carboxylic acids is 1. The molecule has 1 unspecified atom stereocenters. The maximum absolute atomic E-state index is 11.0. The molecule has 1 saturated heterocycles. The number of hydrogen-bond acceptors (Lipinski definition) is 3. The molecule has 3 rings (SSSR count). The van der Waals surface area contributed by atoms with Crippen LogP contribution in [-0.2, 0) is 17.6 Å². The summed E-state index contributed by atoms with van der Waals surface area (Å²) in [4.78, 5) is 13.3. The van der Waals surface area contributed by atoms with Crippen LogP contribution in [0.1, 0.15) is 30.9 Å². The van der Waals surface area contributed by atoms with Gasteiger partial charge in [-0.1, -0.05) is 12.1 Å². The normalized spacial score (nSPS) is 22.8. The molecule has 0 amide bonds. The first-order chi connectivity index (χ1) is 10.1. The topological polar surface area (TPSA) is 52.6 Å². The molecule has 2 aliphatic heterocycles. The highest BCUT2D eigenvalue weighted by Crippen LogP contribution is 2.27. The van der Waals surface area contributed by atoms with Crippen molar-refractivity contribution < 1.29 is 9.90 Å². The van der Waals surface area contributed by atoms with Gasteiger partial charge < -0.3 is 15.3 Å². The quantitative estimate of drug-likeness (QED) is 0.893. The van der Waals surface area contributed by atoms with Gasteiger partial charge in [0.2, 0.25) is 0 Å². The Morgan fingerprint density at radius 1 is 1.38 bits per heavy atom. The van der Waals surface area contributed by atoms with Crippen LogP contribution in [-0.4, -0.2) is 41.7 Å². The molecular formula is C17H24N2O2. The molecule has 0 bridgehead atoms. The van der Waals surface area contributed by atoms with Crippen molar-refractivity contribution in [1.82, 2.24) is 4.90 Å². The van der Waals surface area contributed by atoms with Crippen LogP contribution < -0.4 is 5.32 Å². The number of piperidine rings is 1. The highest BCUT2D eigenvalue weighted by atomic mass is 16.4. The third kappa shape index (κ3) is 3.38. The Bertz CT molecular complexity index is 522. The average molecular weight is 288 g/mol. The molecule has 1 fully saturated rings. The van der Waals surface area contributed by atoms with E-state index in [0.29, 0.717) is 6.04 Å². The summed E-state index contributed by atoms with van der Waals surface area (Å²) in [6.45, 7) is 5.08. The highest BCUT2D eigenvalue weighted by Gasteiger charge is 2.24. The lowest BCUT2D eigenvalue weighted by molar-refractivity contribution is -0.143. The molecule has 21 heavy (non-hydrogen) atoms. The van der Waals surface area contributed by atoms with E-state index in [1.54, 1.807) is 0 Å². The molecule has 0 aromatic heterocycles. The molecule has 114 valence electrons. The summed E-state index contributed by atoms with van der Waals surface area (Å²) in [6.07, 6.45) is 3.76. The van der Waals surface area contributed by atoms with Gasteiger partial charge >= 0.3 is 5.97 Å². The number of hydrogen-bond donors (Lipinski definition) is 2. The lowest BCUT2D eigenvalue weighted by atomic mass is 9.96. The Kier molecular flexibility index (Phi) is 4.15. The van der Waals surface area contributed by atoms with Crippen molar-refractivity contribution in [1.29, 1.82) is 0 Å². The summed E-state index contributed by atoms with van der Waals surface area (Å²) in [7, 11) is 0. The SMILES string of the molecule is CC1Cc2cc(CCN3CCC(C(=O)O)CC3)ccc2N1. The molecule has 4 nitrogen and oxygen atoms in total. The fourth-order valence-corrected chi connectivity index (χ4v) is 3.45. The Labute approximate surface area is 126 Å². The Morgan fingerprint density at radius 2 is 2.14 bits per heavy atom. The van der Waals surface area contributed by atoms with Gasteiger partial charge in [-0.3, -0.25) is 4.79 Å². The van der Waals surface area contributed by atoms with Crippen molar-refractivity contribution in [2.75, 3.05) is 25.0 Å². The van der Waals surface area contributed by atoms with Crippen molar-refractivity contribution in [3.8, 4) is 0 Å². The van der Waals surface area contributed by atoms with Crippen LogP contribution in [0.25, 0.3) is 0 Å². The molecule has 1 aromatic rings. The predicted octanol–water partition coefficient (Wildman–Crippen LogP) is 2.38. The van der Waals surface area contributed by atoms with Crippen LogP contribution in [0.3, 0.4) is 0 Å². The minimum atomic E-state index is -0.630. The number of carboxylic acid groups (broad SMARTS) is 1. The predicted molar refractivity (Wildman–Crippen MR) is 83.7 cm³/mol. The number of likely N-dealkylation sites (tertiary alicyclic amines) is 1. The zero-order valence-corrected chi connectivity index (χ0v) is 12.6. The van der Waals surface area contributed by atoms with Crippen LogP contribution in [0.15, 0.2) is 18.2 Å². The third-order valence-electron chi connectivity index (χ3n) is 4.75. The van der Waals surface area contributed by atoms with Crippen molar-refractivity contribution in [3.05, 3.63) is 29.3 Å². The van der Waals surface area contributed by atoms with Crippen LogP contribution >= 0.6 is 0 Å². The second kappa shape index (κ2) is 6.06. The van der Waals surface area contributed by atoms with Crippen LogP contribution in [0, 0.1) is 5.92 Å². The van der Waals surface area contributed by atoms with Crippen LogP contribution in [0.4, 0.5) is 5.69 Å². The monoisotopic (exact) mass is 288 g/mol. The van der Waals surface area contributed by atoms with E-state index in [4.69, 9.17) is 5.11 Å². The van der Waals surface area contributed by atoms with Crippen LogP contribution in [0.5, 0.6) is 0 Å². The lowest BCUT2D eigenvalue weighted by Gasteiger charge is -2.29. The zero-order valence-electron chi connectivity index (χ0n) is 12.6. The van der Waals surface area contributed by atoms with Gasteiger partial charge in [0.05, 0.1) is 5.92 Å². The Morgan fingerprint density at radius 3 is 2.86 bits per heavy atom. The zero-order chi connectivity index (χ0) is 14.8. The van der Waals surface area contributed by atoms with Gasteiger partial charge in [-0.15, -0.1) is 0 Å².